The molecule has 1 aromatic heterocycles. The number of nitrogens with two attached hydrogens (primary N) is 1. The van der Waals surface area contributed by atoms with E-state index >= 15 is 0 Å². The third kappa shape index (κ3) is 2.98. The average Bonchev–Trinajstić information content (AvgIpc) is 2.73. The van der Waals surface area contributed by atoms with E-state index in [4.69, 9.17) is 29.6 Å². The summed E-state index contributed by atoms with van der Waals surface area (Å²) in [6.07, 6.45) is 0. The van der Waals surface area contributed by atoms with Gasteiger partial charge in [0.25, 0.3) is 0 Å². The quantitative estimate of drug-likeness (QED) is 0.881. The molecule has 0 saturated heterocycles. The van der Waals surface area contributed by atoms with E-state index < -0.39 is 0 Å². The molecular weight excluding hydrogens is 286 g/mol. The SMILES string of the molecule is CN(Cc1ccccc1)c1nc(Cl)c(C(N)=S)s1. The van der Waals surface area contributed by atoms with E-state index in [1.165, 1.54) is 16.9 Å². The summed E-state index contributed by atoms with van der Waals surface area (Å²) in [5.74, 6) is 0. The molecule has 2 rings (SSSR count). The molecule has 1 heterocycles. The molecule has 0 bridgehead atoms. The van der Waals surface area contributed by atoms with Crippen molar-refractivity contribution in [3.63, 3.8) is 0 Å². The second-order valence-corrected chi connectivity index (χ2v) is 5.60. The highest BCUT2D eigenvalue weighted by atomic mass is 35.5. The molecule has 6 heteroatoms. The van der Waals surface area contributed by atoms with Crippen LogP contribution >= 0.6 is 35.2 Å². The lowest BCUT2D eigenvalue weighted by atomic mass is 10.2. The molecule has 0 fully saturated rings. The third-order valence-corrected chi connectivity index (χ3v) is 4.31. The molecule has 18 heavy (non-hydrogen) atoms. The molecule has 0 spiro atoms. The van der Waals surface area contributed by atoms with Gasteiger partial charge in [0.2, 0.25) is 0 Å². The van der Waals surface area contributed by atoms with Crippen molar-refractivity contribution >= 4 is 45.3 Å². The van der Waals surface area contributed by atoms with Gasteiger partial charge in [-0.3, -0.25) is 0 Å². The number of anilines is 1. The maximum atomic E-state index is 5.99. The summed E-state index contributed by atoms with van der Waals surface area (Å²) < 4.78 is 0. The van der Waals surface area contributed by atoms with Crippen LogP contribution in [0.25, 0.3) is 0 Å². The highest BCUT2D eigenvalue weighted by Crippen LogP contribution is 2.29. The Morgan fingerprint density at radius 1 is 1.44 bits per heavy atom. The van der Waals surface area contributed by atoms with Gasteiger partial charge in [0, 0.05) is 13.6 Å². The Kier molecular flexibility index (Phi) is 4.16. The van der Waals surface area contributed by atoms with Crippen molar-refractivity contribution in [1.29, 1.82) is 0 Å². The molecule has 2 N–H and O–H groups in total. The molecule has 0 aliphatic carbocycles. The van der Waals surface area contributed by atoms with E-state index in [0.29, 0.717) is 10.0 Å². The molecule has 0 aliphatic heterocycles. The topological polar surface area (TPSA) is 42.2 Å². The first-order chi connectivity index (χ1) is 8.58. The second kappa shape index (κ2) is 5.65. The maximum absolute atomic E-state index is 5.99. The molecular formula is C12H12ClN3S2. The van der Waals surface area contributed by atoms with Crippen LogP contribution in [0.4, 0.5) is 5.13 Å². The lowest BCUT2D eigenvalue weighted by Crippen LogP contribution is -2.15. The van der Waals surface area contributed by atoms with Crippen molar-refractivity contribution in [2.24, 2.45) is 5.73 Å². The van der Waals surface area contributed by atoms with Crippen LogP contribution in [0.5, 0.6) is 0 Å². The number of hydrogen-bond acceptors (Lipinski definition) is 4. The predicted octanol–water partition coefficient (Wildman–Crippen LogP) is 3.07. The van der Waals surface area contributed by atoms with Crippen LogP contribution in [0.2, 0.25) is 5.15 Å². The Labute approximate surface area is 120 Å². The molecule has 0 amide bonds. The number of benzene rings is 1. The zero-order valence-electron chi connectivity index (χ0n) is 9.76. The summed E-state index contributed by atoms with van der Waals surface area (Å²) in [7, 11) is 1.96. The lowest BCUT2D eigenvalue weighted by molar-refractivity contribution is 0.915. The summed E-state index contributed by atoms with van der Waals surface area (Å²) in [6, 6.07) is 10.2. The van der Waals surface area contributed by atoms with Crippen LogP contribution in [0, 0.1) is 0 Å². The van der Waals surface area contributed by atoms with Gasteiger partial charge >= 0.3 is 0 Å². The third-order valence-electron chi connectivity index (χ3n) is 2.39. The first kappa shape index (κ1) is 13.3. The zero-order chi connectivity index (χ0) is 13.1. The standard InChI is InChI=1S/C12H12ClN3S2/c1-16(7-8-5-3-2-4-6-8)12-15-10(13)9(18-12)11(14)17/h2-6H,7H2,1H3,(H2,14,17). The monoisotopic (exact) mass is 297 g/mol. The Hall–Kier alpha value is -1.17. The van der Waals surface area contributed by atoms with Gasteiger partial charge in [-0.2, -0.15) is 0 Å². The van der Waals surface area contributed by atoms with Crippen LogP contribution in [0.1, 0.15) is 10.4 Å². The van der Waals surface area contributed by atoms with Gasteiger partial charge in [0.15, 0.2) is 10.3 Å². The number of nitrogens with zero attached hydrogens (tertiary/aromatic N) is 2. The lowest BCUT2D eigenvalue weighted by Gasteiger charge is -2.15. The smallest absolute Gasteiger partial charge is 0.187 e. The normalized spacial score (nSPS) is 10.3. The Morgan fingerprint density at radius 3 is 2.67 bits per heavy atom. The summed E-state index contributed by atoms with van der Waals surface area (Å²) in [6.45, 7) is 0.765. The fourth-order valence-corrected chi connectivity index (χ4v) is 2.93. The minimum Gasteiger partial charge on any atom is -0.389 e. The molecule has 0 radical (unpaired) electrons. The molecule has 0 saturated carbocycles. The maximum Gasteiger partial charge on any atom is 0.187 e. The summed E-state index contributed by atoms with van der Waals surface area (Å²) in [4.78, 5) is 7.25. The van der Waals surface area contributed by atoms with Crippen LogP contribution < -0.4 is 10.6 Å². The van der Waals surface area contributed by atoms with Crippen molar-refractivity contribution < 1.29 is 0 Å². The summed E-state index contributed by atoms with van der Waals surface area (Å²) >= 11 is 12.3. The highest BCUT2D eigenvalue weighted by Gasteiger charge is 2.14. The summed E-state index contributed by atoms with van der Waals surface area (Å²) in [5, 5.41) is 1.19. The van der Waals surface area contributed by atoms with Crippen LogP contribution in [0.15, 0.2) is 30.3 Å². The van der Waals surface area contributed by atoms with Crippen molar-refractivity contribution in [2.45, 2.75) is 6.54 Å². The number of aromatic nitrogens is 1. The number of rotatable bonds is 4. The van der Waals surface area contributed by atoms with E-state index in [1.807, 2.05) is 30.1 Å². The fourth-order valence-electron chi connectivity index (χ4n) is 1.53. The number of halogens is 1. The average molecular weight is 298 g/mol. The zero-order valence-corrected chi connectivity index (χ0v) is 12.1. The van der Waals surface area contributed by atoms with E-state index in [2.05, 4.69) is 17.1 Å². The van der Waals surface area contributed by atoms with Gasteiger partial charge in [-0.15, -0.1) is 0 Å². The van der Waals surface area contributed by atoms with Crippen molar-refractivity contribution in [2.75, 3.05) is 11.9 Å². The molecule has 0 unspecified atom stereocenters. The Morgan fingerprint density at radius 2 is 2.11 bits per heavy atom. The van der Waals surface area contributed by atoms with Gasteiger partial charge in [0.05, 0.1) is 0 Å². The largest absolute Gasteiger partial charge is 0.389 e. The van der Waals surface area contributed by atoms with Crippen LogP contribution in [-0.2, 0) is 6.54 Å². The van der Waals surface area contributed by atoms with Gasteiger partial charge in [-0.05, 0) is 5.56 Å². The molecule has 94 valence electrons. The first-order valence-corrected chi connectivity index (χ1v) is 6.89. The van der Waals surface area contributed by atoms with E-state index in [0.717, 1.165) is 11.7 Å². The van der Waals surface area contributed by atoms with Gasteiger partial charge in [-0.25, -0.2) is 4.98 Å². The highest BCUT2D eigenvalue weighted by molar-refractivity contribution is 7.81. The fraction of sp³-hybridized carbons (Fsp3) is 0.167. The van der Waals surface area contributed by atoms with E-state index in [1.54, 1.807) is 0 Å². The molecule has 0 aliphatic rings. The van der Waals surface area contributed by atoms with Crippen LogP contribution in [-0.4, -0.2) is 17.0 Å². The van der Waals surface area contributed by atoms with Gasteiger partial charge in [-0.1, -0.05) is 65.5 Å². The number of hydrogen-bond donors (Lipinski definition) is 1. The minimum absolute atomic E-state index is 0.289. The molecule has 3 nitrogen and oxygen atoms in total. The Balaban J connectivity index is 2.17. The number of thiazole rings is 1. The van der Waals surface area contributed by atoms with Gasteiger partial charge < -0.3 is 10.6 Å². The van der Waals surface area contributed by atoms with Crippen LogP contribution in [0.3, 0.4) is 0 Å². The predicted molar refractivity (Wildman–Crippen MR) is 81.6 cm³/mol. The van der Waals surface area contributed by atoms with Gasteiger partial charge in [0.1, 0.15) is 9.87 Å². The minimum atomic E-state index is 0.289. The Bertz CT molecular complexity index is 554. The molecule has 2 aromatic rings. The number of thiocarbonyl (C=S) groups is 1. The van der Waals surface area contributed by atoms with Crippen molar-refractivity contribution in [3.05, 3.63) is 45.9 Å². The summed E-state index contributed by atoms with van der Waals surface area (Å²) in [5.41, 5.74) is 6.79. The van der Waals surface area contributed by atoms with Crippen molar-refractivity contribution in [3.8, 4) is 0 Å². The second-order valence-electron chi connectivity index (χ2n) is 3.82. The van der Waals surface area contributed by atoms with E-state index in [9.17, 15) is 0 Å². The molecule has 0 atom stereocenters. The van der Waals surface area contributed by atoms with Crippen molar-refractivity contribution in [1.82, 2.24) is 4.98 Å². The molecule has 1 aromatic carbocycles. The van der Waals surface area contributed by atoms with E-state index in [-0.39, 0.29) is 4.99 Å². The first-order valence-electron chi connectivity index (χ1n) is 5.29.